The number of piperidine rings is 1. The number of benzene rings is 1. The second-order valence-electron chi connectivity index (χ2n) is 6.74. The topological polar surface area (TPSA) is 43.9 Å². The Morgan fingerprint density at radius 3 is 2.46 bits per heavy atom. The van der Waals surface area contributed by atoms with Gasteiger partial charge >= 0.3 is 0 Å². The minimum Gasteiger partial charge on any atom is -0.340 e. The number of carbonyl (C=O) groups is 2. The first-order valence-electron chi connectivity index (χ1n) is 8.46. The molecule has 0 aromatic heterocycles. The number of amides is 2. The van der Waals surface area contributed by atoms with Gasteiger partial charge in [-0.2, -0.15) is 0 Å². The molecule has 2 aliphatic rings. The van der Waals surface area contributed by atoms with Crippen molar-refractivity contribution in [3.63, 3.8) is 0 Å². The molecule has 3 rings (SSSR count). The minimum absolute atomic E-state index is 0.0364. The predicted molar refractivity (Wildman–Crippen MR) is 88.7 cm³/mol. The van der Waals surface area contributed by atoms with Crippen LogP contribution in [0.5, 0.6) is 0 Å². The van der Waals surface area contributed by atoms with Crippen molar-refractivity contribution in [1.29, 1.82) is 0 Å². The van der Waals surface area contributed by atoms with E-state index < -0.39 is 6.04 Å². The summed E-state index contributed by atoms with van der Waals surface area (Å²) in [5, 5.41) is 0. The zero-order valence-electron chi connectivity index (χ0n) is 14.2. The Labute approximate surface area is 142 Å². The van der Waals surface area contributed by atoms with Crippen LogP contribution in [0.2, 0.25) is 0 Å². The molecule has 6 heteroatoms. The van der Waals surface area contributed by atoms with Crippen LogP contribution in [0.25, 0.3) is 0 Å². The summed E-state index contributed by atoms with van der Waals surface area (Å²) in [6.07, 6.45) is 0.818. The number of rotatable bonds is 2. The van der Waals surface area contributed by atoms with Gasteiger partial charge in [-0.1, -0.05) is 18.2 Å². The van der Waals surface area contributed by atoms with Gasteiger partial charge in [0.2, 0.25) is 11.8 Å². The second-order valence-corrected chi connectivity index (χ2v) is 6.74. The molecule has 1 aromatic carbocycles. The average Bonchev–Trinajstić information content (AvgIpc) is 2.58. The SMILES string of the molecule is CN1CCN(C(=O)[C@H]2CCC(=O)N(C)[C@@H]2c2ccccc2F)CC1. The molecule has 2 fully saturated rings. The summed E-state index contributed by atoms with van der Waals surface area (Å²) in [7, 11) is 3.71. The fourth-order valence-electron chi connectivity index (χ4n) is 3.70. The summed E-state index contributed by atoms with van der Waals surface area (Å²) >= 11 is 0. The van der Waals surface area contributed by atoms with Crippen LogP contribution in [0.4, 0.5) is 4.39 Å². The molecule has 0 aliphatic carbocycles. The normalized spacial score (nSPS) is 25.9. The molecule has 0 N–H and O–H groups in total. The van der Waals surface area contributed by atoms with Crippen molar-refractivity contribution in [3.8, 4) is 0 Å². The summed E-state index contributed by atoms with van der Waals surface area (Å²) in [4.78, 5) is 30.8. The first-order chi connectivity index (χ1) is 11.5. The molecule has 2 saturated heterocycles. The fraction of sp³-hybridized carbons (Fsp3) is 0.556. The van der Waals surface area contributed by atoms with Gasteiger partial charge in [-0.15, -0.1) is 0 Å². The highest BCUT2D eigenvalue weighted by Crippen LogP contribution is 2.38. The number of likely N-dealkylation sites (tertiary alicyclic amines) is 1. The molecule has 0 bridgehead atoms. The van der Waals surface area contributed by atoms with Crippen LogP contribution < -0.4 is 0 Å². The lowest BCUT2D eigenvalue weighted by Gasteiger charge is -2.42. The van der Waals surface area contributed by atoms with Crippen LogP contribution in [0, 0.1) is 11.7 Å². The Bertz CT molecular complexity index is 628. The Morgan fingerprint density at radius 1 is 1.12 bits per heavy atom. The van der Waals surface area contributed by atoms with Gasteiger partial charge in [-0.25, -0.2) is 4.39 Å². The lowest BCUT2D eigenvalue weighted by molar-refractivity contribution is -0.147. The summed E-state index contributed by atoms with van der Waals surface area (Å²) in [6.45, 7) is 3.07. The first kappa shape index (κ1) is 16.9. The smallest absolute Gasteiger partial charge is 0.228 e. The number of piperazine rings is 1. The van der Waals surface area contributed by atoms with Gasteiger partial charge in [0.15, 0.2) is 0 Å². The number of carbonyl (C=O) groups excluding carboxylic acids is 2. The Morgan fingerprint density at radius 2 is 1.79 bits per heavy atom. The van der Waals surface area contributed by atoms with E-state index in [2.05, 4.69) is 4.90 Å². The summed E-state index contributed by atoms with van der Waals surface area (Å²) < 4.78 is 14.3. The van der Waals surface area contributed by atoms with E-state index in [4.69, 9.17) is 0 Å². The average molecular weight is 333 g/mol. The maximum absolute atomic E-state index is 14.3. The molecule has 24 heavy (non-hydrogen) atoms. The number of nitrogens with zero attached hydrogens (tertiary/aromatic N) is 3. The summed E-state index contributed by atoms with van der Waals surface area (Å²) in [5.41, 5.74) is 0.431. The number of halogens is 1. The van der Waals surface area contributed by atoms with E-state index in [1.807, 2.05) is 11.9 Å². The van der Waals surface area contributed by atoms with E-state index in [0.29, 0.717) is 31.5 Å². The molecule has 0 radical (unpaired) electrons. The molecular weight excluding hydrogens is 309 g/mol. The Balaban J connectivity index is 1.88. The molecule has 2 aliphatic heterocycles. The van der Waals surface area contributed by atoms with Crippen molar-refractivity contribution in [3.05, 3.63) is 35.6 Å². The van der Waals surface area contributed by atoms with Crippen LogP contribution in [0.15, 0.2) is 24.3 Å². The number of hydrogen-bond donors (Lipinski definition) is 0. The van der Waals surface area contributed by atoms with Gasteiger partial charge in [0.25, 0.3) is 0 Å². The molecule has 2 amide bonds. The Kier molecular flexibility index (Phi) is 4.85. The van der Waals surface area contributed by atoms with E-state index in [-0.39, 0.29) is 23.5 Å². The van der Waals surface area contributed by atoms with Crippen LogP contribution >= 0.6 is 0 Å². The van der Waals surface area contributed by atoms with Crippen molar-refractivity contribution in [2.45, 2.75) is 18.9 Å². The zero-order chi connectivity index (χ0) is 17.3. The van der Waals surface area contributed by atoms with E-state index in [1.165, 1.54) is 6.07 Å². The fourth-order valence-corrected chi connectivity index (χ4v) is 3.70. The van der Waals surface area contributed by atoms with Gasteiger partial charge in [-0.05, 0) is 19.5 Å². The van der Waals surface area contributed by atoms with Gasteiger partial charge in [0.1, 0.15) is 5.82 Å². The van der Waals surface area contributed by atoms with Gasteiger partial charge < -0.3 is 14.7 Å². The Hall–Kier alpha value is -1.95. The zero-order valence-corrected chi connectivity index (χ0v) is 14.2. The third-order valence-electron chi connectivity index (χ3n) is 5.22. The molecular formula is C18H24FN3O2. The quantitative estimate of drug-likeness (QED) is 0.824. The van der Waals surface area contributed by atoms with E-state index in [1.54, 1.807) is 30.1 Å². The highest BCUT2D eigenvalue weighted by atomic mass is 19.1. The molecule has 5 nitrogen and oxygen atoms in total. The lowest BCUT2D eigenvalue weighted by Crippen LogP contribution is -2.52. The number of hydrogen-bond acceptors (Lipinski definition) is 3. The third-order valence-corrected chi connectivity index (χ3v) is 5.22. The van der Waals surface area contributed by atoms with Crippen LogP contribution in [-0.4, -0.2) is 66.8 Å². The maximum Gasteiger partial charge on any atom is 0.228 e. The molecule has 2 atom stereocenters. The van der Waals surface area contributed by atoms with Crippen molar-refractivity contribution < 1.29 is 14.0 Å². The van der Waals surface area contributed by atoms with Gasteiger partial charge in [0, 0.05) is 45.2 Å². The summed E-state index contributed by atoms with van der Waals surface area (Å²) in [5.74, 6) is -0.741. The number of likely N-dealkylation sites (N-methyl/N-ethyl adjacent to an activating group) is 1. The summed E-state index contributed by atoms with van der Waals surface area (Å²) in [6, 6.07) is 5.92. The van der Waals surface area contributed by atoms with E-state index in [9.17, 15) is 14.0 Å². The highest BCUT2D eigenvalue weighted by molar-refractivity contribution is 5.85. The van der Waals surface area contributed by atoms with Crippen LogP contribution in [0.3, 0.4) is 0 Å². The molecule has 2 heterocycles. The third kappa shape index (κ3) is 3.15. The second kappa shape index (κ2) is 6.89. The standard InChI is InChI=1S/C18H24FN3O2/c1-20-9-11-22(12-10-20)18(24)14-7-8-16(23)21(2)17(14)13-5-3-4-6-15(13)19/h3-6,14,17H,7-12H2,1-2H3/t14-,17+/m0/s1. The van der Waals surface area contributed by atoms with E-state index >= 15 is 0 Å². The van der Waals surface area contributed by atoms with Crippen LogP contribution in [0.1, 0.15) is 24.4 Å². The van der Waals surface area contributed by atoms with Gasteiger partial charge in [0.05, 0.1) is 12.0 Å². The van der Waals surface area contributed by atoms with Crippen molar-refractivity contribution in [2.75, 3.05) is 40.3 Å². The molecule has 0 spiro atoms. The van der Waals surface area contributed by atoms with E-state index in [0.717, 1.165) is 13.1 Å². The first-order valence-corrected chi connectivity index (χ1v) is 8.46. The lowest BCUT2D eigenvalue weighted by atomic mass is 9.83. The molecule has 0 saturated carbocycles. The molecule has 0 unspecified atom stereocenters. The molecule has 130 valence electrons. The molecule has 1 aromatic rings. The van der Waals surface area contributed by atoms with Crippen molar-refractivity contribution in [1.82, 2.24) is 14.7 Å². The van der Waals surface area contributed by atoms with Crippen molar-refractivity contribution >= 4 is 11.8 Å². The maximum atomic E-state index is 14.3. The largest absolute Gasteiger partial charge is 0.340 e. The minimum atomic E-state index is -0.528. The van der Waals surface area contributed by atoms with Crippen molar-refractivity contribution in [2.24, 2.45) is 5.92 Å². The van der Waals surface area contributed by atoms with Gasteiger partial charge in [-0.3, -0.25) is 9.59 Å². The monoisotopic (exact) mass is 333 g/mol. The highest BCUT2D eigenvalue weighted by Gasteiger charge is 2.41. The van der Waals surface area contributed by atoms with Crippen LogP contribution in [-0.2, 0) is 9.59 Å². The predicted octanol–water partition coefficient (Wildman–Crippen LogP) is 1.51.